The van der Waals surface area contributed by atoms with Gasteiger partial charge >= 0.3 is 12.0 Å². The van der Waals surface area contributed by atoms with Crippen molar-refractivity contribution in [3.63, 3.8) is 0 Å². The van der Waals surface area contributed by atoms with E-state index in [-0.39, 0.29) is 6.03 Å². The number of urea groups is 1. The van der Waals surface area contributed by atoms with Crippen LogP contribution in [0.2, 0.25) is 0 Å². The van der Waals surface area contributed by atoms with Gasteiger partial charge in [-0.2, -0.15) is 0 Å². The third-order valence-corrected chi connectivity index (χ3v) is 3.50. The van der Waals surface area contributed by atoms with Crippen LogP contribution in [0.5, 0.6) is 0 Å². The summed E-state index contributed by atoms with van der Waals surface area (Å²) < 4.78 is 5.20. The monoisotopic (exact) mass is 272 g/mol. The van der Waals surface area contributed by atoms with Gasteiger partial charge in [0.25, 0.3) is 0 Å². The summed E-state index contributed by atoms with van der Waals surface area (Å²) in [7, 11) is 1.68. The second kappa shape index (κ2) is 7.33. The van der Waals surface area contributed by atoms with Crippen LogP contribution in [0.15, 0.2) is 0 Å². The molecule has 1 N–H and O–H groups in total. The first-order valence-electron chi connectivity index (χ1n) is 6.79. The molecule has 0 spiro atoms. The van der Waals surface area contributed by atoms with E-state index in [0.717, 1.165) is 6.42 Å². The molecule has 2 unspecified atom stereocenters. The van der Waals surface area contributed by atoms with Gasteiger partial charge < -0.3 is 19.6 Å². The van der Waals surface area contributed by atoms with Crippen molar-refractivity contribution in [2.75, 3.05) is 33.4 Å². The second-order valence-electron chi connectivity index (χ2n) is 5.08. The van der Waals surface area contributed by atoms with E-state index in [4.69, 9.17) is 4.74 Å². The molecule has 19 heavy (non-hydrogen) atoms. The number of carbonyl (C=O) groups is 2. The number of carboxylic acid groups (broad SMARTS) is 1. The van der Waals surface area contributed by atoms with Crippen molar-refractivity contribution < 1.29 is 19.4 Å². The van der Waals surface area contributed by atoms with Gasteiger partial charge in [-0.1, -0.05) is 6.92 Å². The number of hydrogen-bond acceptors (Lipinski definition) is 3. The molecule has 1 aliphatic heterocycles. The molecule has 1 heterocycles. The van der Waals surface area contributed by atoms with E-state index < -0.39 is 12.0 Å². The summed E-state index contributed by atoms with van der Waals surface area (Å²) in [5.74, 6) is -0.572. The maximum absolute atomic E-state index is 12.2. The lowest BCUT2D eigenvalue weighted by molar-refractivity contribution is -0.144. The third-order valence-electron chi connectivity index (χ3n) is 3.50. The van der Waals surface area contributed by atoms with Crippen molar-refractivity contribution in [1.82, 2.24) is 9.80 Å². The van der Waals surface area contributed by atoms with E-state index in [1.165, 1.54) is 9.80 Å². The Morgan fingerprint density at radius 2 is 2.16 bits per heavy atom. The number of likely N-dealkylation sites (N-methyl/N-ethyl adjacent to an activating group) is 1. The Balaban J connectivity index is 2.60. The Kier molecular flexibility index (Phi) is 6.08. The second-order valence-corrected chi connectivity index (χ2v) is 5.08. The van der Waals surface area contributed by atoms with Crippen molar-refractivity contribution in [3.05, 3.63) is 0 Å². The van der Waals surface area contributed by atoms with Crippen LogP contribution in [-0.2, 0) is 9.53 Å². The molecule has 0 aromatic carbocycles. The Hall–Kier alpha value is -1.30. The maximum atomic E-state index is 12.2. The Morgan fingerprint density at radius 1 is 1.47 bits per heavy atom. The number of nitrogens with zero attached hydrogens (tertiary/aromatic N) is 2. The summed E-state index contributed by atoms with van der Waals surface area (Å²) in [4.78, 5) is 26.5. The maximum Gasteiger partial charge on any atom is 0.326 e. The minimum Gasteiger partial charge on any atom is -0.480 e. The highest BCUT2D eigenvalue weighted by atomic mass is 16.5. The molecule has 2 atom stereocenters. The van der Waals surface area contributed by atoms with Gasteiger partial charge in [-0.3, -0.25) is 0 Å². The van der Waals surface area contributed by atoms with Crippen LogP contribution in [0, 0.1) is 5.92 Å². The highest BCUT2D eigenvalue weighted by Crippen LogP contribution is 2.23. The van der Waals surface area contributed by atoms with Gasteiger partial charge in [-0.05, 0) is 25.7 Å². The molecule has 110 valence electrons. The van der Waals surface area contributed by atoms with E-state index in [1.807, 2.05) is 13.8 Å². The summed E-state index contributed by atoms with van der Waals surface area (Å²) >= 11 is 0. The molecule has 6 heteroatoms. The average Bonchev–Trinajstić information content (AvgIpc) is 2.38. The van der Waals surface area contributed by atoms with Gasteiger partial charge in [0.2, 0.25) is 0 Å². The molecule has 1 aliphatic rings. The smallest absolute Gasteiger partial charge is 0.326 e. The summed E-state index contributed by atoms with van der Waals surface area (Å²) in [5.41, 5.74) is 0. The van der Waals surface area contributed by atoms with Crippen molar-refractivity contribution in [2.24, 2.45) is 5.92 Å². The van der Waals surface area contributed by atoms with Gasteiger partial charge in [0.15, 0.2) is 0 Å². The normalized spacial score (nSPS) is 23.2. The summed E-state index contributed by atoms with van der Waals surface area (Å²) in [6.07, 6.45) is 1.38. The highest BCUT2D eigenvalue weighted by Gasteiger charge is 2.35. The van der Waals surface area contributed by atoms with Crippen LogP contribution in [0.3, 0.4) is 0 Å². The van der Waals surface area contributed by atoms with Crippen molar-refractivity contribution >= 4 is 12.0 Å². The van der Waals surface area contributed by atoms with E-state index in [1.54, 1.807) is 7.05 Å². The average molecular weight is 272 g/mol. The van der Waals surface area contributed by atoms with E-state index in [9.17, 15) is 14.7 Å². The van der Waals surface area contributed by atoms with E-state index >= 15 is 0 Å². The van der Waals surface area contributed by atoms with Crippen molar-refractivity contribution in [1.29, 1.82) is 0 Å². The zero-order chi connectivity index (χ0) is 14.4. The largest absolute Gasteiger partial charge is 0.480 e. The molecular weight excluding hydrogens is 248 g/mol. The molecule has 1 rings (SSSR count). The number of hydrogen-bond donors (Lipinski definition) is 1. The van der Waals surface area contributed by atoms with Gasteiger partial charge in [0.1, 0.15) is 6.04 Å². The predicted octanol–water partition coefficient (Wildman–Crippen LogP) is 1.26. The van der Waals surface area contributed by atoms with Crippen molar-refractivity contribution in [2.45, 2.75) is 32.7 Å². The van der Waals surface area contributed by atoms with Crippen LogP contribution < -0.4 is 0 Å². The van der Waals surface area contributed by atoms with Gasteiger partial charge in [-0.25, -0.2) is 9.59 Å². The molecule has 0 aromatic rings. The number of likely N-dealkylation sites (tertiary alicyclic amines) is 1. The number of ether oxygens (including phenoxy) is 1. The van der Waals surface area contributed by atoms with Crippen LogP contribution in [-0.4, -0.2) is 66.3 Å². The van der Waals surface area contributed by atoms with E-state index in [0.29, 0.717) is 38.6 Å². The zero-order valence-corrected chi connectivity index (χ0v) is 12.0. The fourth-order valence-corrected chi connectivity index (χ4v) is 2.27. The van der Waals surface area contributed by atoms with Crippen LogP contribution in [0.25, 0.3) is 0 Å². The quantitative estimate of drug-likeness (QED) is 0.765. The van der Waals surface area contributed by atoms with Gasteiger partial charge in [0, 0.05) is 26.7 Å². The summed E-state index contributed by atoms with van der Waals surface area (Å²) in [6.45, 7) is 5.99. The minimum atomic E-state index is -0.918. The molecule has 0 saturated carbocycles. The topological polar surface area (TPSA) is 70.1 Å². The fourth-order valence-electron chi connectivity index (χ4n) is 2.27. The van der Waals surface area contributed by atoms with Crippen LogP contribution >= 0.6 is 0 Å². The lowest BCUT2D eigenvalue weighted by Crippen LogP contribution is -2.54. The molecule has 6 nitrogen and oxygen atoms in total. The zero-order valence-electron chi connectivity index (χ0n) is 12.0. The Labute approximate surface area is 114 Å². The van der Waals surface area contributed by atoms with Crippen molar-refractivity contribution in [3.8, 4) is 0 Å². The highest BCUT2D eigenvalue weighted by molar-refractivity contribution is 5.82. The lowest BCUT2D eigenvalue weighted by Gasteiger charge is -2.38. The van der Waals surface area contributed by atoms with Crippen LogP contribution in [0.4, 0.5) is 4.79 Å². The molecule has 0 radical (unpaired) electrons. The minimum absolute atomic E-state index is 0.223. The standard InChI is InChI=1S/C13H24N2O4/c1-4-19-8-7-14(3)13(18)15-6-5-10(2)9-11(15)12(16)17/h10-11H,4-9H2,1-3H3,(H,16,17). The van der Waals surface area contributed by atoms with E-state index in [2.05, 4.69) is 0 Å². The summed E-state index contributed by atoms with van der Waals surface area (Å²) in [6, 6.07) is -0.926. The molecular formula is C13H24N2O4. The van der Waals surface area contributed by atoms with Crippen LogP contribution in [0.1, 0.15) is 26.7 Å². The molecule has 0 aliphatic carbocycles. The third kappa shape index (κ3) is 4.38. The number of piperidine rings is 1. The number of aliphatic carboxylic acids is 1. The number of rotatable bonds is 5. The predicted molar refractivity (Wildman–Crippen MR) is 71.0 cm³/mol. The molecule has 0 aromatic heterocycles. The Bertz CT molecular complexity index is 322. The lowest BCUT2D eigenvalue weighted by atomic mass is 9.93. The molecule has 0 bridgehead atoms. The number of carboxylic acids is 1. The fraction of sp³-hybridized carbons (Fsp3) is 0.846. The summed E-state index contributed by atoms with van der Waals surface area (Å²) in [5, 5.41) is 9.23. The molecule has 2 amide bonds. The first-order chi connectivity index (χ1) is 8.97. The number of amides is 2. The number of carbonyl (C=O) groups excluding carboxylic acids is 1. The first-order valence-corrected chi connectivity index (χ1v) is 6.79. The molecule has 1 fully saturated rings. The SMILES string of the molecule is CCOCCN(C)C(=O)N1CCC(C)CC1C(=O)O. The Morgan fingerprint density at radius 3 is 2.74 bits per heavy atom. The van der Waals surface area contributed by atoms with Gasteiger partial charge in [0.05, 0.1) is 6.61 Å². The first kappa shape index (κ1) is 15.8. The molecule has 1 saturated heterocycles. The van der Waals surface area contributed by atoms with Gasteiger partial charge in [-0.15, -0.1) is 0 Å².